The Hall–Kier alpha value is -1.71. The predicted molar refractivity (Wildman–Crippen MR) is 87.8 cm³/mol. The highest BCUT2D eigenvalue weighted by Gasteiger charge is 2.22. The minimum absolute atomic E-state index is 0.0830. The van der Waals surface area contributed by atoms with E-state index in [1.54, 1.807) is 0 Å². The maximum absolute atomic E-state index is 12.0. The standard InChI is InChI=1S/C17H27N3O/c1-4-19(16-7-5-6-14(2)12-16)11-9-18-17(21)20-10-8-15(3)13-20/h5-7,12,15H,4,8-11,13H2,1-3H3,(H,18,21). The van der Waals surface area contributed by atoms with E-state index in [1.165, 1.54) is 11.3 Å². The zero-order chi connectivity index (χ0) is 15.2. The zero-order valence-electron chi connectivity index (χ0n) is 13.4. The molecule has 1 aromatic carbocycles. The second-order valence-electron chi connectivity index (χ2n) is 5.99. The number of rotatable bonds is 5. The lowest BCUT2D eigenvalue weighted by molar-refractivity contribution is 0.207. The summed E-state index contributed by atoms with van der Waals surface area (Å²) >= 11 is 0. The fraction of sp³-hybridized carbons (Fsp3) is 0.588. The molecule has 1 N–H and O–H groups in total. The Labute approximate surface area is 128 Å². The summed E-state index contributed by atoms with van der Waals surface area (Å²) in [6, 6.07) is 8.58. The molecule has 2 rings (SSSR count). The van der Waals surface area contributed by atoms with Gasteiger partial charge >= 0.3 is 6.03 Å². The molecule has 21 heavy (non-hydrogen) atoms. The normalized spacial score (nSPS) is 17.9. The van der Waals surface area contributed by atoms with Gasteiger partial charge in [0, 0.05) is 38.4 Å². The Bertz CT molecular complexity index is 475. The van der Waals surface area contributed by atoms with Gasteiger partial charge < -0.3 is 15.1 Å². The summed E-state index contributed by atoms with van der Waals surface area (Å²) in [4.78, 5) is 16.3. The smallest absolute Gasteiger partial charge is 0.317 e. The number of likely N-dealkylation sites (tertiary alicyclic amines) is 1. The van der Waals surface area contributed by atoms with E-state index in [2.05, 4.69) is 55.3 Å². The molecule has 1 heterocycles. The average molecular weight is 289 g/mol. The SMILES string of the molecule is CCN(CCNC(=O)N1CCC(C)C1)c1cccc(C)c1. The van der Waals surface area contributed by atoms with Crippen LogP contribution in [0.25, 0.3) is 0 Å². The molecule has 0 bridgehead atoms. The Morgan fingerprint density at radius 3 is 2.90 bits per heavy atom. The van der Waals surface area contributed by atoms with Crippen molar-refractivity contribution in [2.45, 2.75) is 27.2 Å². The molecule has 0 aliphatic carbocycles. The summed E-state index contributed by atoms with van der Waals surface area (Å²) in [6.45, 7) is 10.7. The summed E-state index contributed by atoms with van der Waals surface area (Å²) < 4.78 is 0. The van der Waals surface area contributed by atoms with Gasteiger partial charge in [0.05, 0.1) is 0 Å². The first-order chi connectivity index (χ1) is 10.1. The number of nitrogens with zero attached hydrogens (tertiary/aromatic N) is 2. The Morgan fingerprint density at radius 2 is 2.29 bits per heavy atom. The van der Waals surface area contributed by atoms with E-state index in [1.807, 2.05) is 4.90 Å². The summed E-state index contributed by atoms with van der Waals surface area (Å²) in [5.74, 6) is 0.634. The van der Waals surface area contributed by atoms with Gasteiger partial charge in [-0.05, 0) is 43.9 Å². The van der Waals surface area contributed by atoms with Crippen LogP contribution in [0.15, 0.2) is 24.3 Å². The number of nitrogens with one attached hydrogen (secondary N) is 1. The lowest BCUT2D eigenvalue weighted by Gasteiger charge is -2.24. The molecule has 0 radical (unpaired) electrons. The van der Waals surface area contributed by atoms with Crippen LogP contribution in [0.2, 0.25) is 0 Å². The van der Waals surface area contributed by atoms with E-state index < -0.39 is 0 Å². The molecule has 116 valence electrons. The van der Waals surface area contributed by atoms with Crippen molar-refractivity contribution in [2.24, 2.45) is 5.92 Å². The minimum atomic E-state index is 0.0830. The third-order valence-corrected chi connectivity index (χ3v) is 4.12. The first-order valence-electron chi connectivity index (χ1n) is 7.94. The van der Waals surface area contributed by atoms with E-state index in [9.17, 15) is 4.79 Å². The van der Waals surface area contributed by atoms with Crippen LogP contribution in [-0.2, 0) is 0 Å². The Morgan fingerprint density at radius 1 is 1.48 bits per heavy atom. The molecule has 1 aromatic rings. The van der Waals surface area contributed by atoms with E-state index in [4.69, 9.17) is 0 Å². The van der Waals surface area contributed by atoms with Crippen molar-refractivity contribution >= 4 is 11.7 Å². The van der Waals surface area contributed by atoms with E-state index >= 15 is 0 Å². The van der Waals surface area contributed by atoms with Crippen LogP contribution in [0.4, 0.5) is 10.5 Å². The van der Waals surface area contributed by atoms with Gasteiger partial charge in [0.15, 0.2) is 0 Å². The first kappa shape index (κ1) is 15.7. The number of carbonyl (C=O) groups is 1. The molecule has 1 fully saturated rings. The van der Waals surface area contributed by atoms with Crippen LogP contribution in [0.3, 0.4) is 0 Å². The maximum Gasteiger partial charge on any atom is 0.317 e. The van der Waals surface area contributed by atoms with Crippen molar-refractivity contribution in [2.75, 3.05) is 37.6 Å². The molecule has 1 atom stereocenters. The summed E-state index contributed by atoms with van der Waals surface area (Å²) in [5.41, 5.74) is 2.49. The highest BCUT2D eigenvalue weighted by molar-refractivity contribution is 5.74. The molecule has 0 spiro atoms. The van der Waals surface area contributed by atoms with Crippen LogP contribution in [0.1, 0.15) is 25.8 Å². The Kier molecular flexibility index (Phi) is 5.48. The number of carbonyl (C=O) groups excluding carboxylic acids is 1. The molecule has 1 unspecified atom stereocenters. The topological polar surface area (TPSA) is 35.6 Å². The predicted octanol–water partition coefficient (Wildman–Crippen LogP) is 2.87. The summed E-state index contributed by atoms with van der Waals surface area (Å²) in [5, 5.41) is 3.04. The number of amides is 2. The quantitative estimate of drug-likeness (QED) is 0.904. The minimum Gasteiger partial charge on any atom is -0.370 e. The van der Waals surface area contributed by atoms with Crippen LogP contribution in [-0.4, -0.2) is 43.7 Å². The van der Waals surface area contributed by atoms with Crippen molar-refractivity contribution in [1.29, 1.82) is 0 Å². The second kappa shape index (κ2) is 7.34. The Balaban J connectivity index is 1.79. The van der Waals surface area contributed by atoms with Crippen LogP contribution < -0.4 is 10.2 Å². The molecule has 0 saturated carbocycles. The van der Waals surface area contributed by atoms with E-state index in [0.29, 0.717) is 12.5 Å². The largest absolute Gasteiger partial charge is 0.370 e. The fourth-order valence-corrected chi connectivity index (χ4v) is 2.82. The average Bonchev–Trinajstić information content (AvgIpc) is 2.90. The van der Waals surface area contributed by atoms with Crippen molar-refractivity contribution in [1.82, 2.24) is 10.2 Å². The van der Waals surface area contributed by atoms with Gasteiger partial charge in [-0.1, -0.05) is 19.1 Å². The molecule has 1 aliphatic heterocycles. The van der Waals surface area contributed by atoms with Gasteiger partial charge in [-0.25, -0.2) is 4.79 Å². The third-order valence-electron chi connectivity index (χ3n) is 4.12. The van der Waals surface area contributed by atoms with Crippen LogP contribution in [0.5, 0.6) is 0 Å². The van der Waals surface area contributed by atoms with Crippen molar-refractivity contribution in [3.05, 3.63) is 29.8 Å². The van der Waals surface area contributed by atoms with Crippen molar-refractivity contribution in [3.63, 3.8) is 0 Å². The highest BCUT2D eigenvalue weighted by Crippen LogP contribution is 2.16. The van der Waals surface area contributed by atoms with Crippen LogP contribution in [0, 0.1) is 12.8 Å². The van der Waals surface area contributed by atoms with Gasteiger partial charge in [0.25, 0.3) is 0 Å². The number of likely N-dealkylation sites (N-methyl/N-ethyl adjacent to an activating group) is 1. The molecule has 0 aromatic heterocycles. The monoisotopic (exact) mass is 289 g/mol. The molecule has 1 aliphatic rings. The lowest BCUT2D eigenvalue weighted by atomic mass is 10.2. The van der Waals surface area contributed by atoms with E-state index in [-0.39, 0.29) is 6.03 Å². The van der Waals surface area contributed by atoms with Gasteiger partial charge in [-0.3, -0.25) is 0 Å². The number of hydrogen-bond donors (Lipinski definition) is 1. The molecular weight excluding hydrogens is 262 g/mol. The summed E-state index contributed by atoms with van der Waals surface area (Å²) in [6.07, 6.45) is 1.12. The number of hydrogen-bond acceptors (Lipinski definition) is 2. The molecular formula is C17H27N3O. The summed E-state index contributed by atoms with van der Waals surface area (Å²) in [7, 11) is 0. The molecule has 1 saturated heterocycles. The van der Waals surface area contributed by atoms with Crippen molar-refractivity contribution in [3.8, 4) is 0 Å². The molecule has 4 heteroatoms. The maximum atomic E-state index is 12.0. The highest BCUT2D eigenvalue weighted by atomic mass is 16.2. The van der Waals surface area contributed by atoms with Crippen molar-refractivity contribution < 1.29 is 4.79 Å². The van der Waals surface area contributed by atoms with Crippen LogP contribution >= 0.6 is 0 Å². The fourth-order valence-electron chi connectivity index (χ4n) is 2.82. The number of benzene rings is 1. The molecule has 4 nitrogen and oxygen atoms in total. The number of aryl methyl sites for hydroxylation is 1. The molecule has 2 amide bonds. The first-order valence-corrected chi connectivity index (χ1v) is 7.94. The number of urea groups is 1. The van der Waals surface area contributed by atoms with E-state index in [0.717, 1.165) is 32.6 Å². The van der Waals surface area contributed by atoms with Gasteiger partial charge in [0.1, 0.15) is 0 Å². The van der Waals surface area contributed by atoms with Gasteiger partial charge in [-0.15, -0.1) is 0 Å². The second-order valence-corrected chi connectivity index (χ2v) is 5.99. The number of anilines is 1. The lowest BCUT2D eigenvalue weighted by Crippen LogP contribution is -2.42. The van der Waals surface area contributed by atoms with Gasteiger partial charge in [-0.2, -0.15) is 0 Å². The third kappa shape index (κ3) is 4.38. The zero-order valence-corrected chi connectivity index (χ0v) is 13.4. The van der Waals surface area contributed by atoms with Gasteiger partial charge in [0.2, 0.25) is 0 Å².